The van der Waals surface area contributed by atoms with E-state index in [1.807, 2.05) is 12.1 Å². The van der Waals surface area contributed by atoms with Crippen LogP contribution in [0.1, 0.15) is 6.42 Å². The Balaban J connectivity index is 2.57. The van der Waals surface area contributed by atoms with Gasteiger partial charge >= 0.3 is 0 Å². The van der Waals surface area contributed by atoms with Gasteiger partial charge < -0.3 is 21.1 Å². The first kappa shape index (κ1) is 12.2. The molecular formula is C11H17N3O2. The van der Waals surface area contributed by atoms with Crippen LogP contribution in [0, 0.1) is 0 Å². The van der Waals surface area contributed by atoms with E-state index in [1.165, 1.54) is 0 Å². The van der Waals surface area contributed by atoms with Gasteiger partial charge in [-0.1, -0.05) is 6.07 Å². The van der Waals surface area contributed by atoms with Crippen LogP contribution in [-0.2, 0) is 4.79 Å². The largest absolute Gasteiger partial charge is 0.495 e. The monoisotopic (exact) mass is 223 g/mol. The topological polar surface area (TPSA) is 76.4 Å². The first-order chi connectivity index (χ1) is 7.69. The smallest absolute Gasteiger partial charge is 0.221 e. The van der Waals surface area contributed by atoms with Crippen molar-refractivity contribution in [2.45, 2.75) is 6.42 Å². The van der Waals surface area contributed by atoms with E-state index < -0.39 is 0 Å². The maximum absolute atomic E-state index is 11.0. The van der Waals surface area contributed by atoms with Crippen LogP contribution in [0.15, 0.2) is 18.2 Å². The molecule has 0 aromatic heterocycles. The Hall–Kier alpha value is -1.91. The Bertz CT molecular complexity index is 366. The van der Waals surface area contributed by atoms with E-state index in [1.54, 1.807) is 20.2 Å². The minimum Gasteiger partial charge on any atom is -0.495 e. The lowest BCUT2D eigenvalue weighted by Crippen LogP contribution is -2.21. The van der Waals surface area contributed by atoms with Gasteiger partial charge in [0.15, 0.2) is 0 Å². The third-order valence-corrected chi connectivity index (χ3v) is 2.23. The third kappa shape index (κ3) is 3.05. The summed E-state index contributed by atoms with van der Waals surface area (Å²) in [6.07, 6.45) is 0.410. The number of nitrogen functional groups attached to an aromatic ring is 1. The van der Waals surface area contributed by atoms with Crippen LogP contribution in [-0.4, -0.2) is 26.6 Å². The van der Waals surface area contributed by atoms with Crippen molar-refractivity contribution < 1.29 is 9.53 Å². The molecule has 5 heteroatoms. The van der Waals surface area contributed by atoms with Crippen LogP contribution in [0.3, 0.4) is 0 Å². The van der Waals surface area contributed by atoms with Gasteiger partial charge in [-0.25, -0.2) is 0 Å². The third-order valence-electron chi connectivity index (χ3n) is 2.23. The number of para-hydroxylation sites is 1. The van der Waals surface area contributed by atoms with Crippen molar-refractivity contribution in [2.24, 2.45) is 0 Å². The highest BCUT2D eigenvalue weighted by atomic mass is 16.5. The van der Waals surface area contributed by atoms with Crippen molar-refractivity contribution in [1.29, 1.82) is 0 Å². The van der Waals surface area contributed by atoms with Gasteiger partial charge in [-0.05, 0) is 12.1 Å². The number of benzene rings is 1. The summed E-state index contributed by atoms with van der Waals surface area (Å²) < 4.78 is 5.09. The highest BCUT2D eigenvalue weighted by molar-refractivity contribution is 5.77. The van der Waals surface area contributed by atoms with E-state index in [2.05, 4.69) is 10.6 Å². The number of hydrogen-bond acceptors (Lipinski definition) is 4. The molecule has 1 rings (SSSR count). The Morgan fingerprint density at radius 2 is 2.25 bits per heavy atom. The first-order valence-corrected chi connectivity index (χ1v) is 5.06. The van der Waals surface area contributed by atoms with Crippen LogP contribution >= 0.6 is 0 Å². The molecule has 1 amide bonds. The molecule has 0 heterocycles. The second-order valence-corrected chi connectivity index (χ2v) is 3.27. The predicted molar refractivity (Wildman–Crippen MR) is 64.6 cm³/mol. The van der Waals surface area contributed by atoms with Crippen molar-refractivity contribution >= 4 is 17.3 Å². The van der Waals surface area contributed by atoms with Gasteiger partial charge in [0.1, 0.15) is 5.75 Å². The lowest BCUT2D eigenvalue weighted by atomic mass is 10.2. The summed E-state index contributed by atoms with van der Waals surface area (Å²) >= 11 is 0. The number of anilines is 2. The number of ether oxygens (including phenoxy) is 1. The van der Waals surface area contributed by atoms with Gasteiger partial charge in [0.25, 0.3) is 0 Å². The van der Waals surface area contributed by atoms with E-state index in [0.717, 1.165) is 5.69 Å². The molecule has 0 unspecified atom stereocenters. The van der Waals surface area contributed by atoms with Crippen molar-refractivity contribution in [3.05, 3.63) is 18.2 Å². The molecule has 5 nitrogen and oxygen atoms in total. The number of rotatable bonds is 5. The molecule has 0 aliphatic rings. The maximum Gasteiger partial charge on any atom is 0.221 e. The number of hydrogen-bond donors (Lipinski definition) is 3. The van der Waals surface area contributed by atoms with Crippen molar-refractivity contribution in [3.63, 3.8) is 0 Å². The number of amides is 1. The van der Waals surface area contributed by atoms with E-state index in [0.29, 0.717) is 24.4 Å². The summed E-state index contributed by atoms with van der Waals surface area (Å²) in [4.78, 5) is 11.0. The molecule has 0 aliphatic carbocycles. The predicted octanol–water partition coefficient (Wildman–Crippen LogP) is 0.825. The molecule has 0 saturated heterocycles. The van der Waals surface area contributed by atoms with Crippen molar-refractivity contribution in [3.8, 4) is 5.75 Å². The molecule has 16 heavy (non-hydrogen) atoms. The van der Waals surface area contributed by atoms with Gasteiger partial charge in [-0.2, -0.15) is 0 Å². The van der Waals surface area contributed by atoms with Crippen LogP contribution < -0.4 is 21.1 Å². The summed E-state index contributed by atoms with van der Waals surface area (Å²) in [7, 11) is 3.18. The van der Waals surface area contributed by atoms with Gasteiger partial charge in [-0.15, -0.1) is 0 Å². The summed E-state index contributed by atoms with van der Waals surface area (Å²) in [5, 5.41) is 5.64. The molecule has 1 aromatic carbocycles. The van der Waals surface area contributed by atoms with Crippen LogP contribution in [0.5, 0.6) is 5.75 Å². The molecule has 0 radical (unpaired) electrons. The molecule has 0 spiro atoms. The molecule has 0 saturated carbocycles. The van der Waals surface area contributed by atoms with Gasteiger partial charge in [0, 0.05) is 20.0 Å². The zero-order valence-corrected chi connectivity index (χ0v) is 9.54. The lowest BCUT2D eigenvalue weighted by molar-refractivity contribution is -0.120. The van der Waals surface area contributed by atoms with Gasteiger partial charge in [0.05, 0.1) is 18.5 Å². The zero-order chi connectivity index (χ0) is 12.0. The molecule has 0 bridgehead atoms. The fourth-order valence-corrected chi connectivity index (χ4v) is 1.31. The molecule has 0 aliphatic heterocycles. The van der Waals surface area contributed by atoms with E-state index in [4.69, 9.17) is 10.5 Å². The minimum atomic E-state index is -0.00559. The molecule has 1 aromatic rings. The number of methoxy groups -OCH3 is 1. The number of nitrogens with one attached hydrogen (secondary N) is 2. The average molecular weight is 223 g/mol. The summed E-state index contributed by atoms with van der Waals surface area (Å²) in [6.45, 7) is 0.539. The Kier molecular flexibility index (Phi) is 4.44. The van der Waals surface area contributed by atoms with Crippen molar-refractivity contribution in [1.82, 2.24) is 5.32 Å². The number of carbonyl (C=O) groups is 1. The van der Waals surface area contributed by atoms with Gasteiger partial charge in [0.2, 0.25) is 5.91 Å². The molecule has 0 fully saturated rings. The van der Waals surface area contributed by atoms with Gasteiger partial charge in [-0.3, -0.25) is 4.79 Å². The fourth-order valence-electron chi connectivity index (χ4n) is 1.31. The normalized spacial score (nSPS) is 9.62. The SMILES string of the molecule is CNC(=O)CCNc1cccc(OC)c1N. The Labute approximate surface area is 95.0 Å². The number of nitrogens with two attached hydrogens (primary N) is 1. The van der Waals surface area contributed by atoms with Crippen molar-refractivity contribution in [2.75, 3.05) is 31.8 Å². The Morgan fingerprint density at radius 1 is 1.50 bits per heavy atom. The highest BCUT2D eigenvalue weighted by Crippen LogP contribution is 2.28. The molecule has 4 N–H and O–H groups in total. The highest BCUT2D eigenvalue weighted by Gasteiger charge is 2.04. The Morgan fingerprint density at radius 3 is 2.88 bits per heavy atom. The first-order valence-electron chi connectivity index (χ1n) is 5.06. The fraction of sp³-hybridized carbons (Fsp3) is 0.364. The number of carbonyl (C=O) groups excluding carboxylic acids is 1. The standard InChI is InChI=1S/C11H17N3O2/c1-13-10(15)6-7-14-8-4-3-5-9(16-2)11(8)12/h3-5,14H,6-7,12H2,1-2H3,(H,13,15). The second kappa shape index (κ2) is 5.85. The van der Waals surface area contributed by atoms with Crippen LogP contribution in [0.2, 0.25) is 0 Å². The molecule has 0 atom stereocenters. The molecular weight excluding hydrogens is 206 g/mol. The summed E-state index contributed by atoms with van der Waals surface area (Å²) in [6, 6.07) is 5.48. The van der Waals surface area contributed by atoms with E-state index in [9.17, 15) is 4.79 Å². The van der Waals surface area contributed by atoms with E-state index >= 15 is 0 Å². The summed E-state index contributed by atoms with van der Waals surface area (Å²) in [5.74, 6) is 0.624. The quantitative estimate of drug-likeness (QED) is 0.646. The minimum absolute atomic E-state index is 0.00559. The van der Waals surface area contributed by atoms with E-state index in [-0.39, 0.29) is 5.91 Å². The average Bonchev–Trinajstić information content (AvgIpc) is 2.31. The summed E-state index contributed by atoms with van der Waals surface area (Å²) in [5.41, 5.74) is 7.19. The van der Waals surface area contributed by atoms with Crippen LogP contribution in [0.25, 0.3) is 0 Å². The second-order valence-electron chi connectivity index (χ2n) is 3.27. The molecule has 88 valence electrons. The van der Waals surface area contributed by atoms with Crippen LogP contribution in [0.4, 0.5) is 11.4 Å². The zero-order valence-electron chi connectivity index (χ0n) is 9.54. The lowest BCUT2D eigenvalue weighted by Gasteiger charge is -2.11. The maximum atomic E-state index is 11.0.